The molecule has 0 aliphatic rings. The van der Waals surface area contributed by atoms with Gasteiger partial charge in [-0.15, -0.1) is 0 Å². The number of benzene rings is 2. The van der Waals surface area contributed by atoms with Gasteiger partial charge in [-0.2, -0.15) is 0 Å². The van der Waals surface area contributed by atoms with Crippen molar-refractivity contribution < 1.29 is 13.2 Å². The molecular weight excluding hydrogens is 251 g/mol. The monoisotopic (exact) mass is 265 g/mol. The number of nitrogens with one attached hydrogen (secondary N) is 1. The summed E-state index contributed by atoms with van der Waals surface area (Å²) < 4.78 is 41.0. The molecule has 0 heterocycles. The van der Waals surface area contributed by atoms with E-state index in [1.165, 1.54) is 30.3 Å². The molecule has 0 aromatic heterocycles. The van der Waals surface area contributed by atoms with Crippen LogP contribution in [0.5, 0.6) is 0 Å². The van der Waals surface area contributed by atoms with Crippen LogP contribution in [0.25, 0.3) is 0 Å². The Labute approximate surface area is 110 Å². The van der Waals surface area contributed by atoms with Crippen molar-refractivity contribution >= 4 is 0 Å². The van der Waals surface area contributed by atoms with E-state index in [0.29, 0.717) is 5.56 Å². The van der Waals surface area contributed by atoms with Crippen LogP contribution in [0.15, 0.2) is 36.4 Å². The molecule has 2 rings (SSSR count). The van der Waals surface area contributed by atoms with Gasteiger partial charge in [-0.3, -0.25) is 0 Å². The minimum absolute atomic E-state index is 0.0984. The van der Waals surface area contributed by atoms with E-state index in [4.69, 9.17) is 0 Å². The van der Waals surface area contributed by atoms with E-state index in [-0.39, 0.29) is 5.56 Å². The molecule has 1 N–H and O–H groups in total. The summed E-state index contributed by atoms with van der Waals surface area (Å²) in [5.41, 5.74) is 1.19. The molecule has 0 fully saturated rings. The lowest BCUT2D eigenvalue weighted by Gasteiger charge is -2.20. The third-order valence-electron chi connectivity index (χ3n) is 3.13. The zero-order chi connectivity index (χ0) is 14.0. The van der Waals surface area contributed by atoms with Gasteiger partial charge in [0.1, 0.15) is 17.5 Å². The van der Waals surface area contributed by atoms with Crippen LogP contribution >= 0.6 is 0 Å². The lowest BCUT2D eigenvalue weighted by Crippen LogP contribution is -2.21. The minimum atomic E-state index is -0.725. The maximum Gasteiger partial charge on any atom is 0.131 e. The maximum absolute atomic E-state index is 13.8. The largest absolute Gasteiger partial charge is 0.309 e. The van der Waals surface area contributed by atoms with Gasteiger partial charge in [0.2, 0.25) is 0 Å². The van der Waals surface area contributed by atoms with E-state index in [1.54, 1.807) is 20.0 Å². The molecule has 1 atom stereocenters. The van der Waals surface area contributed by atoms with Crippen LogP contribution in [-0.2, 0) is 0 Å². The Hall–Kier alpha value is -1.81. The first-order chi connectivity index (χ1) is 9.04. The summed E-state index contributed by atoms with van der Waals surface area (Å²) in [5, 5.41) is 2.84. The lowest BCUT2D eigenvalue weighted by molar-refractivity contribution is 0.519. The van der Waals surface area contributed by atoms with Crippen LogP contribution in [0.3, 0.4) is 0 Å². The second-order valence-corrected chi connectivity index (χ2v) is 4.36. The standard InChI is InChI=1S/C15H14F3N/c1-9-6-7-10(16)8-11(9)15(19-2)14-12(17)4-3-5-13(14)18/h3-8,15,19H,1-2H3. The molecule has 0 amide bonds. The van der Waals surface area contributed by atoms with Crippen LogP contribution < -0.4 is 5.32 Å². The Balaban J connectivity index is 2.59. The second-order valence-electron chi connectivity index (χ2n) is 4.36. The van der Waals surface area contributed by atoms with E-state index in [2.05, 4.69) is 5.32 Å². The first-order valence-corrected chi connectivity index (χ1v) is 5.92. The van der Waals surface area contributed by atoms with Crippen molar-refractivity contribution in [1.82, 2.24) is 5.32 Å². The Bertz CT molecular complexity index is 576. The highest BCUT2D eigenvalue weighted by atomic mass is 19.1. The number of hydrogen-bond acceptors (Lipinski definition) is 1. The number of hydrogen-bond donors (Lipinski definition) is 1. The molecule has 0 spiro atoms. The van der Waals surface area contributed by atoms with Crippen LogP contribution in [0.2, 0.25) is 0 Å². The quantitative estimate of drug-likeness (QED) is 0.891. The van der Waals surface area contributed by atoms with Gasteiger partial charge in [0.15, 0.2) is 0 Å². The van der Waals surface area contributed by atoms with Crippen LogP contribution in [0.4, 0.5) is 13.2 Å². The van der Waals surface area contributed by atoms with Gasteiger partial charge >= 0.3 is 0 Å². The summed E-state index contributed by atoms with van der Waals surface area (Å²) in [4.78, 5) is 0. The van der Waals surface area contributed by atoms with Gasteiger partial charge in [0.05, 0.1) is 6.04 Å². The molecule has 0 radical (unpaired) electrons. The second kappa shape index (κ2) is 5.45. The van der Waals surface area contributed by atoms with Crippen molar-refractivity contribution in [2.75, 3.05) is 7.05 Å². The molecule has 0 saturated carbocycles. The zero-order valence-corrected chi connectivity index (χ0v) is 10.7. The Morgan fingerprint density at radius 2 is 1.63 bits per heavy atom. The fourth-order valence-corrected chi connectivity index (χ4v) is 2.16. The minimum Gasteiger partial charge on any atom is -0.309 e. The summed E-state index contributed by atoms with van der Waals surface area (Å²) in [6.45, 7) is 1.78. The molecule has 0 aliphatic carbocycles. The average molecular weight is 265 g/mol. The van der Waals surface area contributed by atoms with Crippen molar-refractivity contribution in [2.45, 2.75) is 13.0 Å². The van der Waals surface area contributed by atoms with E-state index in [0.717, 1.165) is 5.56 Å². The van der Waals surface area contributed by atoms with Gasteiger partial charge in [-0.05, 0) is 49.4 Å². The molecular formula is C15H14F3N. The predicted molar refractivity (Wildman–Crippen MR) is 68.4 cm³/mol. The van der Waals surface area contributed by atoms with Crippen molar-refractivity contribution in [3.05, 3.63) is 70.5 Å². The molecule has 0 bridgehead atoms. The SMILES string of the molecule is CNC(c1cc(F)ccc1C)c1c(F)cccc1F. The summed E-state index contributed by atoms with van der Waals surface area (Å²) in [7, 11) is 1.58. The van der Waals surface area contributed by atoms with Crippen molar-refractivity contribution in [2.24, 2.45) is 0 Å². The van der Waals surface area contributed by atoms with Crippen molar-refractivity contribution in [3.8, 4) is 0 Å². The lowest BCUT2D eigenvalue weighted by atomic mass is 9.94. The topological polar surface area (TPSA) is 12.0 Å². The van der Waals surface area contributed by atoms with Gasteiger partial charge in [0, 0.05) is 5.56 Å². The highest BCUT2D eigenvalue weighted by molar-refractivity contribution is 5.38. The number of rotatable bonds is 3. The van der Waals surface area contributed by atoms with Gasteiger partial charge < -0.3 is 5.32 Å². The molecule has 2 aromatic carbocycles. The molecule has 1 nitrogen and oxygen atoms in total. The molecule has 1 unspecified atom stereocenters. The molecule has 19 heavy (non-hydrogen) atoms. The molecule has 0 aliphatic heterocycles. The normalized spacial score (nSPS) is 12.5. The molecule has 2 aromatic rings. The fourth-order valence-electron chi connectivity index (χ4n) is 2.16. The van der Waals surface area contributed by atoms with Crippen LogP contribution in [0, 0.1) is 24.4 Å². The van der Waals surface area contributed by atoms with Gasteiger partial charge in [0.25, 0.3) is 0 Å². The Morgan fingerprint density at radius 1 is 1.00 bits per heavy atom. The van der Waals surface area contributed by atoms with E-state index in [9.17, 15) is 13.2 Å². The molecule has 0 saturated heterocycles. The highest BCUT2D eigenvalue weighted by Gasteiger charge is 2.22. The summed E-state index contributed by atoms with van der Waals surface area (Å²) in [6.07, 6.45) is 0. The first kappa shape index (κ1) is 13.6. The Morgan fingerprint density at radius 3 is 2.21 bits per heavy atom. The average Bonchev–Trinajstić information content (AvgIpc) is 2.37. The highest BCUT2D eigenvalue weighted by Crippen LogP contribution is 2.29. The van der Waals surface area contributed by atoms with Crippen molar-refractivity contribution in [3.63, 3.8) is 0 Å². The van der Waals surface area contributed by atoms with Gasteiger partial charge in [-0.25, -0.2) is 13.2 Å². The third-order valence-corrected chi connectivity index (χ3v) is 3.13. The molecule has 100 valence electrons. The maximum atomic E-state index is 13.8. The van der Waals surface area contributed by atoms with Crippen LogP contribution in [0.1, 0.15) is 22.7 Å². The predicted octanol–water partition coefficient (Wildman–Crippen LogP) is 3.72. The van der Waals surface area contributed by atoms with Crippen LogP contribution in [-0.4, -0.2) is 7.05 Å². The number of aryl methyl sites for hydroxylation is 1. The van der Waals surface area contributed by atoms with E-state index < -0.39 is 23.5 Å². The van der Waals surface area contributed by atoms with E-state index >= 15 is 0 Å². The van der Waals surface area contributed by atoms with E-state index in [1.807, 2.05) is 0 Å². The summed E-state index contributed by atoms with van der Waals surface area (Å²) in [5.74, 6) is -1.73. The molecule has 4 heteroatoms. The zero-order valence-electron chi connectivity index (χ0n) is 10.7. The Kier molecular flexibility index (Phi) is 3.90. The van der Waals surface area contributed by atoms with Gasteiger partial charge in [-0.1, -0.05) is 12.1 Å². The third kappa shape index (κ3) is 2.63. The summed E-state index contributed by atoms with van der Waals surface area (Å²) in [6, 6.07) is 7.17. The smallest absolute Gasteiger partial charge is 0.131 e. The fraction of sp³-hybridized carbons (Fsp3) is 0.200. The summed E-state index contributed by atoms with van der Waals surface area (Å²) >= 11 is 0. The number of halogens is 3. The first-order valence-electron chi connectivity index (χ1n) is 5.92. The van der Waals surface area contributed by atoms with Crippen molar-refractivity contribution in [1.29, 1.82) is 0 Å².